The standard InChI is InChI=1S/C29H35N3O4S/c1-5-23-16-18-25(19-17-23)32(37(35,36)26-14-8-7-9-15-26)21-28(33)31(27(6-2)29(34)30-4)20-24-13-11-10-12-22(24)3/h7-19,27H,5-6,20-21H2,1-4H3,(H,30,34). The smallest absolute Gasteiger partial charge is 0.264 e. The summed E-state index contributed by atoms with van der Waals surface area (Å²) in [5.41, 5.74) is 3.32. The third-order valence-electron chi connectivity index (χ3n) is 6.48. The van der Waals surface area contributed by atoms with Gasteiger partial charge in [0.25, 0.3) is 10.0 Å². The van der Waals surface area contributed by atoms with Gasteiger partial charge in [-0.3, -0.25) is 13.9 Å². The second kappa shape index (κ2) is 12.5. The molecule has 0 aliphatic rings. The average Bonchev–Trinajstić information content (AvgIpc) is 2.92. The summed E-state index contributed by atoms with van der Waals surface area (Å²) in [6.45, 7) is 5.54. The Labute approximate surface area is 220 Å². The van der Waals surface area contributed by atoms with Gasteiger partial charge in [0.2, 0.25) is 11.8 Å². The first-order valence-electron chi connectivity index (χ1n) is 12.4. The minimum Gasteiger partial charge on any atom is -0.357 e. The highest BCUT2D eigenvalue weighted by Gasteiger charge is 2.33. The van der Waals surface area contributed by atoms with Gasteiger partial charge in [-0.1, -0.05) is 68.4 Å². The molecule has 0 aromatic heterocycles. The van der Waals surface area contributed by atoms with Crippen molar-refractivity contribution in [1.29, 1.82) is 0 Å². The lowest BCUT2D eigenvalue weighted by atomic mass is 10.1. The van der Waals surface area contributed by atoms with Crippen LogP contribution in [0.15, 0.2) is 83.8 Å². The first-order chi connectivity index (χ1) is 17.7. The third-order valence-corrected chi connectivity index (χ3v) is 8.26. The zero-order valence-electron chi connectivity index (χ0n) is 21.8. The van der Waals surface area contributed by atoms with Crippen LogP contribution in [0.4, 0.5) is 5.69 Å². The lowest BCUT2D eigenvalue weighted by Crippen LogP contribution is -2.51. The van der Waals surface area contributed by atoms with E-state index >= 15 is 0 Å². The van der Waals surface area contributed by atoms with Crippen molar-refractivity contribution >= 4 is 27.5 Å². The maximum atomic E-state index is 13.9. The molecule has 0 saturated heterocycles. The van der Waals surface area contributed by atoms with Gasteiger partial charge in [-0.2, -0.15) is 0 Å². The molecule has 3 rings (SSSR count). The number of nitrogens with one attached hydrogen (secondary N) is 1. The summed E-state index contributed by atoms with van der Waals surface area (Å²) in [5, 5.41) is 2.64. The van der Waals surface area contributed by atoms with Crippen LogP contribution in [-0.4, -0.2) is 44.8 Å². The second-order valence-electron chi connectivity index (χ2n) is 8.83. The fourth-order valence-corrected chi connectivity index (χ4v) is 5.64. The maximum absolute atomic E-state index is 13.9. The molecule has 0 aliphatic heterocycles. The summed E-state index contributed by atoms with van der Waals surface area (Å²) in [7, 11) is -2.53. The minimum atomic E-state index is -4.06. The summed E-state index contributed by atoms with van der Waals surface area (Å²) in [6.07, 6.45) is 1.19. The maximum Gasteiger partial charge on any atom is 0.264 e. The van der Waals surface area contributed by atoms with Crippen LogP contribution in [0.5, 0.6) is 0 Å². The Bertz CT molecular complexity index is 1310. The van der Waals surface area contributed by atoms with Gasteiger partial charge in [-0.15, -0.1) is 0 Å². The molecule has 1 atom stereocenters. The predicted molar refractivity (Wildman–Crippen MR) is 147 cm³/mol. The van der Waals surface area contributed by atoms with Crippen molar-refractivity contribution in [2.75, 3.05) is 17.9 Å². The van der Waals surface area contributed by atoms with Gasteiger partial charge in [-0.05, 0) is 60.7 Å². The van der Waals surface area contributed by atoms with Gasteiger partial charge in [0, 0.05) is 13.6 Å². The molecular weight excluding hydrogens is 486 g/mol. The molecule has 0 radical (unpaired) electrons. The summed E-state index contributed by atoms with van der Waals surface area (Å²) >= 11 is 0. The number of hydrogen-bond donors (Lipinski definition) is 1. The fourth-order valence-electron chi connectivity index (χ4n) is 4.20. The molecular formula is C29H35N3O4S. The molecule has 1 unspecified atom stereocenters. The van der Waals surface area contributed by atoms with E-state index in [4.69, 9.17) is 0 Å². The number of amides is 2. The topological polar surface area (TPSA) is 86.8 Å². The van der Waals surface area contributed by atoms with Gasteiger partial charge in [0.1, 0.15) is 12.6 Å². The van der Waals surface area contributed by atoms with E-state index in [2.05, 4.69) is 5.32 Å². The lowest BCUT2D eigenvalue weighted by molar-refractivity contribution is -0.140. The third kappa shape index (κ3) is 6.57. The molecule has 0 heterocycles. The van der Waals surface area contributed by atoms with E-state index in [1.54, 1.807) is 30.3 Å². The molecule has 196 valence electrons. The Kier molecular flexibility index (Phi) is 9.47. The van der Waals surface area contributed by atoms with Crippen LogP contribution in [0.25, 0.3) is 0 Å². The molecule has 0 spiro atoms. The van der Waals surface area contributed by atoms with Crippen LogP contribution in [0.1, 0.15) is 37.0 Å². The van der Waals surface area contributed by atoms with Crippen LogP contribution >= 0.6 is 0 Å². The summed E-state index contributed by atoms with van der Waals surface area (Å²) in [6, 6.07) is 22.1. The number of anilines is 1. The van der Waals surface area contributed by atoms with Crippen LogP contribution < -0.4 is 9.62 Å². The number of hydrogen-bond acceptors (Lipinski definition) is 4. The number of sulfonamides is 1. The Balaban J connectivity index is 2.06. The summed E-state index contributed by atoms with van der Waals surface area (Å²) in [5.74, 6) is -0.757. The quantitative estimate of drug-likeness (QED) is 0.408. The molecule has 0 bridgehead atoms. The number of benzene rings is 3. The average molecular weight is 522 g/mol. The molecule has 3 aromatic carbocycles. The highest BCUT2D eigenvalue weighted by Crippen LogP contribution is 2.25. The Morgan fingerprint density at radius 1 is 0.892 bits per heavy atom. The fraction of sp³-hybridized carbons (Fsp3) is 0.310. The van der Waals surface area contributed by atoms with E-state index < -0.39 is 28.5 Å². The van der Waals surface area contributed by atoms with Crippen molar-refractivity contribution in [2.45, 2.75) is 51.1 Å². The summed E-state index contributed by atoms with van der Waals surface area (Å²) in [4.78, 5) is 28.2. The lowest BCUT2D eigenvalue weighted by Gasteiger charge is -2.33. The molecule has 8 heteroatoms. The van der Waals surface area contributed by atoms with Crippen LogP contribution in [0, 0.1) is 6.92 Å². The van der Waals surface area contributed by atoms with E-state index in [1.807, 2.05) is 57.2 Å². The molecule has 7 nitrogen and oxygen atoms in total. The molecule has 3 aromatic rings. The highest BCUT2D eigenvalue weighted by molar-refractivity contribution is 7.92. The number of likely N-dealkylation sites (N-methyl/N-ethyl adjacent to an activating group) is 1. The largest absolute Gasteiger partial charge is 0.357 e. The van der Waals surface area contributed by atoms with E-state index in [0.29, 0.717) is 12.1 Å². The predicted octanol–water partition coefficient (Wildman–Crippen LogP) is 4.31. The first kappa shape index (κ1) is 27.9. The van der Waals surface area contributed by atoms with E-state index in [1.165, 1.54) is 24.1 Å². The van der Waals surface area contributed by atoms with Crippen molar-refractivity contribution < 1.29 is 18.0 Å². The van der Waals surface area contributed by atoms with Crippen molar-refractivity contribution in [1.82, 2.24) is 10.2 Å². The van der Waals surface area contributed by atoms with Crippen LogP contribution in [-0.2, 0) is 32.6 Å². The number of rotatable bonds is 11. The number of nitrogens with zero attached hydrogens (tertiary/aromatic N) is 2. The molecule has 1 N–H and O–H groups in total. The van der Waals surface area contributed by atoms with Crippen LogP contribution in [0.3, 0.4) is 0 Å². The van der Waals surface area contributed by atoms with Crippen molar-refractivity contribution in [2.24, 2.45) is 0 Å². The molecule has 0 fully saturated rings. The molecule has 37 heavy (non-hydrogen) atoms. The number of carbonyl (C=O) groups is 2. The Hall–Kier alpha value is -3.65. The van der Waals surface area contributed by atoms with Gasteiger partial charge < -0.3 is 10.2 Å². The first-order valence-corrected chi connectivity index (χ1v) is 13.9. The SMILES string of the molecule is CCc1ccc(N(CC(=O)N(Cc2ccccc2C)C(CC)C(=O)NC)S(=O)(=O)c2ccccc2)cc1. The van der Waals surface area contributed by atoms with E-state index in [-0.39, 0.29) is 17.3 Å². The van der Waals surface area contributed by atoms with Crippen molar-refractivity contribution in [3.05, 3.63) is 95.6 Å². The van der Waals surface area contributed by atoms with Crippen LogP contribution in [0.2, 0.25) is 0 Å². The molecule has 0 aliphatic carbocycles. The van der Waals surface area contributed by atoms with Gasteiger partial charge >= 0.3 is 0 Å². The molecule has 0 saturated carbocycles. The van der Waals surface area contributed by atoms with Gasteiger partial charge in [0.15, 0.2) is 0 Å². The zero-order valence-corrected chi connectivity index (χ0v) is 22.7. The second-order valence-corrected chi connectivity index (χ2v) is 10.7. The normalized spacial score (nSPS) is 12.0. The van der Waals surface area contributed by atoms with E-state index in [9.17, 15) is 18.0 Å². The van der Waals surface area contributed by atoms with Gasteiger partial charge in [-0.25, -0.2) is 8.42 Å². The Morgan fingerprint density at radius 3 is 2.08 bits per heavy atom. The van der Waals surface area contributed by atoms with Crippen molar-refractivity contribution in [3.8, 4) is 0 Å². The van der Waals surface area contributed by atoms with E-state index in [0.717, 1.165) is 27.4 Å². The zero-order chi connectivity index (χ0) is 27.0. The molecule has 2 amide bonds. The Morgan fingerprint density at radius 2 is 1.51 bits per heavy atom. The minimum absolute atomic E-state index is 0.0890. The number of carbonyl (C=O) groups excluding carboxylic acids is 2. The monoisotopic (exact) mass is 521 g/mol. The number of aryl methyl sites for hydroxylation is 2. The highest BCUT2D eigenvalue weighted by atomic mass is 32.2. The van der Waals surface area contributed by atoms with Crippen molar-refractivity contribution in [3.63, 3.8) is 0 Å². The summed E-state index contributed by atoms with van der Waals surface area (Å²) < 4.78 is 28.7. The van der Waals surface area contributed by atoms with Gasteiger partial charge in [0.05, 0.1) is 10.6 Å².